The van der Waals surface area contributed by atoms with Crippen molar-refractivity contribution in [3.05, 3.63) is 59.7 Å². The summed E-state index contributed by atoms with van der Waals surface area (Å²) in [6, 6.07) is 15.1. The van der Waals surface area contributed by atoms with Crippen LogP contribution in [-0.2, 0) is 26.7 Å². The van der Waals surface area contributed by atoms with Crippen LogP contribution in [0.15, 0.2) is 48.5 Å². The second-order valence-corrected chi connectivity index (χ2v) is 9.90. The van der Waals surface area contributed by atoms with Gasteiger partial charge >= 0.3 is 0 Å². The standard InChI is InChI=1S/C21H26N2O3S/c1-21(2,3)17-9-11-18(12-10-17)23(27(4,25)26)15-20(24)22-14-13-16-7-5-6-8-19(16)22/h5-12H,13-15H2,1-4H3. The lowest BCUT2D eigenvalue weighted by Crippen LogP contribution is -2.42. The van der Waals surface area contributed by atoms with Gasteiger partial charge in [0.2, 0.25) is 15.9 Å². The molecule has 2 aromatic rings. The molecule has 0 atom stereocenters. The van der Waals surface area contributed by atoms with Crippen molar-refractivity contribution < 1.29 is 13.2 Å². The summed E-state index contributed by atoms with van der Waals surface area (Å²) in [4.78, 5) is 14.6. The minimum atomic E-state index is -3.58. The summed E-state index contributed by atoms with van der Waals surface area (Å²) in [5.41, 5.74) is 3.58. The van der Waals surface area contributed by atoms with Crippen molar-refractivity contribution in [3.63, 3.8) is 0 Å². The molecule has 0 N–H and O–H groups in total. The summed E-state index contributed by atoms with van der Waals surface area (Å²) in [5.74, 6) is -0.217. The fourth-order valence-corrected chi connectivity index (χ4v) is 4.18. The Labute approximate surface area is 161 Å². The van der Waals surface area contributed by atoms with Crippen molar-refractivity contribution in [2.24, 2.45) is 0 Å². The lowest BCUT2D eigenvalue weighted by Gasteiger charge is -2.26. The first-order chi connectivity index (χ1) is 12.6. The van der Waals surface area contributed by atoms with Crippen LogP contribution in [0.1, 0.15) is 31.9 Å². The Morgan fingerprint density at radius 3 is 2.30 bits per heavy atom. The zero-order chi connectivity index (χ0) is 19.8. The molecule has 27 heavy (non-hydrogen) atoms. The monoisotopic (exact) mass is 386 g/mol. The van der Waals surface area contributed by atoms with Gasteiger partial charge in [-0.05, 0) is 41.2 Å². The van der Waals surface area contributed by atoms with Crippen LogP contribution in [0.25, 0.3) is 0 Å². The van der Waals surface area contributed by atoms with Crippen LogP contribution in [0.4, 0.5) is 11.4 Å². The molecule has 0 aromatic heterocycles. The zero-order valence-electron chi connectivity index (χ0n) is 16.3. The molecule has 0 aliphatic carbocycles. The molecular weight excluding hydrogens is 360 g/mol. The Morgan fingerprint density at radius 2 is 1.70 bits per heavy atom. The Balaban J connectivity index is 1.86. The highest BCUT2D eigenvalue weighted by Crippen LogP contribution is 2.29. The van der Waals surface area contributed by atoms with E-state index >= 15 is 0 Å². The number of amides is 1. The number of benzene rings is 2. The van der Waals surface area contributed by atoms with E-state index in [1.165, 1.54) is 4.31 Å². The van der Waals surface area contributed by atoms with Crippen molar-refractivity contribution in [3.8, 4) is 0 Å². The molecule has 1 aliphatic rings. The second-order valence-electron chi connectivity index (χ2n) is 7.99. The molecule has 0 spiro atoms. The van der Waals surface area contributed by atoms with Crippen LogP contribution < -0.4 is 9.21 Å². The normalized spacial score (nSPS) is 14.1. The maximum absolute atomic E-state index is 12.9. The van der Waals surface area contributed by atoms with Gasteiger partial charge in [-0.1, -0.05) is 51.1 Å². The number of rotatable bonds is 4. The van der Waals surface area contributed by atoms with E-state index < -0.39 is 10.0 Å². The molecule has 1 aliphatic heterocycles. The summed E-state index contributed by atoms with van der Waals surface area (Å²) in [6.45, 7) is 6.68. The molecule has 0 fully saturated rings. The van der Waals surface area contributed by atoms with Gasteiger partial charge in [0, 0.05) is 12.2 Å². The number of nitrogens with zero attached hydrogens (tertiary/aromatic N) is 2. The van der Waals surface area contributed by atoms with Gasteiger partial charge in [-0.15, -0.1) is 0 Å². The fraction of sp³-hybridized carbons (Fsp3) is 0.381. The molecule has 1 amide bonds. The highest BCUT2D eigenvalue weighted by atomic mass is 32.2. The van der Waals surface area contributed by atoms with E-state index in [9.17, 15) is 13.2 Å². The summed E-state index contributed by atoms with van der Waals surface area (Å²) in [5, 5.41) is 0. The molecule has 0 radical (unpaired) electrons. The number of hydrogen-bond acceptors (Lipinski definition) is 3. The predicted molar refractivity (Wildman–Crippen MR) is 110 cm³/mol. The molecule has 0 saturated heterocycles. The van der Waals surface area contributed by atoms with Crippen molar-refractivity contribution >= 4 is 27.3 Å². The number of carbonyl (C=O) groups excluding carboxylic acids is 1. The van der Waals surface area contributed by atoms with Gasteiger partial charge in [0.25, 0.3) is 0 Å². The molecule has 0 saturated carbocycles. The van der Waals surface area contributed by atoms with Crippen LogP contribution in [0, 0.1) is 0 Å². The molecular formula is C21H26N2O3S. The van der Waals surface area contributed by atoms with Crippen LogP contribution >= 0.6 is 0 Å². The third-order valence-corrected chi connectivity index (χ3v) is 6.03. The smallest absolute Gasteiger partial charge is 0.247 e. The van der Waals surface area contributed by atoms with E-state index in [0.717, 1.165) is 29.5 Å². The minimum absolute atomic E-state index is 0.0243. The average Bonchev–Trinajstić information content (AvgIpc) is 3.02. The molecule has 1 heterocycles. The van der Waals surface area contributed by atoms with Crippen molar-refractivity contribution in [1.82, 2.24) is 0 Å². The van der Waals surface area contributed by atoms with E-state index in [1.807, 2.05) is 36.4 Å². The van der Waals surface area contributed by atoms with Crippen LogP contribution in [-0.4, -0.2) is 33.7 Å². The third kappa shape index (κ3) is 4.16. The van der Waals surface area contributed by atoms with E-state index in [0.29, 0.717) is 12.2 Å². The Bertz CT molecular complexity index is 944. The largest absolute Gasteiger partial charge is 0.310 e. The van der Waals surface area contributed by atoms with Gasteiger partial charge in [-0.2, -0.15) is 0 Å². The summed E-state index contributed by atoms with van der Waals surface area (Å²) in [6.07, 6.45) is 1.93. The molecule has 5 nitrogen and oxygen atoms in total. The molecule has 144 valence electrons. The molecule has 6 heteroatoms. The lowest BCUT2D eigenvalue weighted by atomic mass is 9.87. The van der Waals surface area contributed by atoms with Crippen LogP contribution in [0.2, 0.25) is 0 Å². The number of fused-ring (bicyclic) bond motifs is 1. The minimum Gasteiger partial charge on any atom is -0.310 e. The van der Waals surface area contributed by atoms with Gasteiger partial charge in [0.1, 0.15) is 6.54 Å². The highest BCUT2D eigenvalue weighted by molar-refractivity contribution is 7.92. The van der Waals surface area contributed by atoms with Crippen LogP contribution in [0.5, 0.6) is 0 Å². The number of anilines is 2. The maximum Gasteiger partial charge on any atom is 0.247 e. The fourth-order valence-electron chi connectivity index (χ4n) is 3.33. The van der Waals surface area contributed by atoms with Crippen LogP contribution in [0.3, 0.4) is 0 Å². The Morgan fingerprint density at radius 1 is 1.07 bits per heavy atom. The zero-order valence-corrected chi connectivity index (χ0v) is 17.1. The predicted octanol–water partition coefficient (Wildman–Crippen LogP) is 3.34. The first kappa shape index (κ1) is 19.4. The van der Waals surface area contributed by atoms with E-state index in [1.54, 1.807) is 17.0 Å². The lowest BCUT2D eigenvalue weighted by molar-refractivity contribution is -0.117. The summed E-state index contributed by atoms with van der Waals surface area (Å²) < 4.78 is 25.9. The Kier molecular flexibility index (Phi) is 5.04. The third-order valence-electron chi connectivity index (χ3n) is 4.89. The average molecular weight is 387 g/mol. The quantitative estimate of drug-likeness (QED) is 0.810. The van der Waals surface area contributed by atoms with E-state index in [4.69, 9.17) is 0 Å². The number of sulfonamides is 1. The van der Waals surface area contributed by atoms with Gasteiger partial charge < -0.3 is 4.90 Å². The number of hydrogen-bond donors (Lipinski definition) is 0. The summed E-state index contributed by atoms with van der Waals surface area (Å²) in [7, 11) is -3.58. The van der Waals surface area contributed by atoms with E-state index in [-0.39, 0.29) is 17.9 Å². The van der Waals surface area contributed by atoms with Gasteiger partial charge in [0.05, 0.1) is 11.9 Å². The molecule has 0 unspecified atom stereocenters. The van der Waals surface area contributed by atoms with Crippen molar-refractivity contribution in [2.45, 2.75) is 32.6 Å². The van der Waals surface area contributed by atoms with Gasteiger partial charge in [-0.25, -0.2) is 8.42 Å². The molecule has 2 aromatic carbocycles. The molecule has 0 bridgehead atoms. The summed E-state index contributed by atoms with van der Waals surface area (Å²) >= 11 is 0. The van der Waals surface area contributed by atoms with Crippen molar-refractivity contribution in [1.29, 1.82) is 0 Å². The van der Waals surface area contributed by atoms with Gasteiger partial charge in [0.15, 0.2) is 0 Å². The molecule has 3 rings (SSSR count). The highest BCUT2D eigenvalue weighted by Gasteiger charge is 2.28. The topological polar surface area (TPSA) is 57.7 Å². The van der Waals surface area contributed by atoms with E-state index in [2.05, 4.69) is 20.8 Å². The first-order valence-electron chi connectivity index (χ1n) is 9.04. The second kappa shape index (κ2) is 7.00. The Hall–Kier alpha value is -2.34. The SMILES string of the molecule is CC(C)(C)c1ccc(N(CC(=O)N2CCc3ccccc32)S(C)(=O)=O)cc1. The first-order valence-corrected chi connectivity index (χ1v) is 10.9. The number of carbonyl (C=O) groups is 1. The maximum atomic E-state index is 12.9. The van der Waals surface area contributed by atoms with Gasteiger partial charge in [-0.3, -0.25) is 9.10 Å². The van der Waals surface area contributed by atoms with Crippen molar-refractivity contribution in [2.75, 3.05) is 28.6 Å². The number of para-hydroxylation sites is 1.